The van der Waals surface area contributed by atoms with E-state index in [0.29, 0.717) is 0 Å². The lowest BCUT2D eigenvalue weighted by molar-refractivity contribution is 0.426. The summed E-state index contributed by atoms with van der Waals surface area (Å²) in [6, 6.07) is 4.49. The van der Waals surface area contributed by atoms with Crippen LogP contribution in [0.5, 0.6) is 0 Å². The van der Waals surface area contributed by atoms with Crippen molar-refractivity contribution in [1.82, 2.24) is 5.32 Å². The molecule has 1 N–H and O–H groups in total. The van der Waals surface area contributed by atoms with Gasteiger partial charge in [0.2, 0.25) is 0 Å². The van der Waals surface area contributed by atoms with Crippen LogP contribution in [0.15, 0.2) is 17.5 Å². The van der Waals surface area contributed by atoms with Gasteiger partial charge in [0.15, 0.2) is 0 Å². The topological polar surface area (TPSA) is 12.0 Å². The van der Waals surface area contributed by atoms with Gasteiger partial charge in [0.05, 0.1) is 0 Å². The third kappa shape index (κ3) is 2.35. The molecule has 0 aliphatic rings. The lowest BCUT2D eigenvalue weighted by Crippen LogP contribution is -2.34. The van der Waals surface area contributed by atoms with Gasteiger partial charge >= 0.3 is 0 Å². The second-order valence-electron chi connectivity index (χ2n) is 4.47. The summed E-state index contributed by atoms with van der Waals surface area (Å²) in [7, 11) is 0. The summed E-state index contributed by atoms with van der Waals surface area (Å²) >= 11 is 3.72. The first-order chi connectivity index (χ1) is 6.54. The van der Waals surface area contributed by atoms with Gasteiger partial charge < -0.3 is 5.32 Å². The maximum atomic E-state index is 3.50. The van der Waals surface area contributed by atoms with Crippen LogP contribution in [0.3, 0.4) is 0 Å². The Kier molecular flexibility index (Phi) is 2.64. The highest BCUT2D eigenvalue weighted by Gasteiger charge is 2.09. The molecular weight excluding hydrogens is 210 g/mol. The Morgan fingerprint density at radius 1 is 1.29 bits per heavy atom. The molecule has 0 saturated heterocycles. The highest BCUT2D eigenvalue weighted by Crippen LogP contribution is 2.29. The van der Waals surface area contributed by atoms with Gasteiger partial charge in [-0.05, 0) is 38.3 Å². The average molecular weight is 225 g/mol. The van der Waals surface area contributed by atoms with Crippen LogP contribution in [-0.2, 0) is 6.54 Å². The van der Waals surface area contributed by atoms with E-state index >= 15 is 0 Å². The summed E-state index contributed by atoms with van der Waals surface area (Å²) in [5, 5.41) is 5.66. The molecule has 2 rings (SSSR count). The van der Waals surface area contributed by atoms with Gasteiger partial charge in [-0.15, -0.1) is 22.7 Å². The first kappa shape index (κ1) is 10.1. The van der Waals surface area contributed by atoms with Crippen molar-refractivity contribution < 1.29 is 0 Å². The van der Waals surface area contributed by atoms with Crippen LogP contribution in [0.4, 0.5) is 0 Å². The molecule has 0 radical (unpaired) electrons. The van der Waals surface area contributed by atoms with E-state index in [1.54, 1.807) is 0 Å². The lowest BCUT2D eigenvalue weighted by Gasteiger charge is -2.19. The van der Waals surface area contributed by atoms with Crippen molar-refractivity contribution in [2.24, 2.45) is 0 Å². The van der Waals surface area contributed by atoms with Crippen molar-refractivity contribution in [2.45, 2.75) is 32.9 Å². The molecule has 0 aromatic carbocycles. The molecule has 0 unspecified atom stereocenters. The maximum Gasteiger partial charge on any atom is 0.0453 e. The molecule has 0 spiro atoms. The largest absolute Gasteiger partial charge is 0.307 e. The van der Waals surface area contributed by atoms with E-state index in [4.69, 9.17) is 0 Å². The fourth-order valence-electron chi connectivity index (χ4n) is 1.26. The van der Waals surface area contributed by atoms with Crippen LogP contribution >= 0.6 is 22.7 Å². The standard InChI is InChI=1S/C11H15NS2/c1-11(2,3)12-7-8-6-10-9(14-8)4-5-13-10/h4-6,12H,7H2,1-3H3. The highest BCUT2D eigenvalue weighted by molar-refractivity contribution is 7.26. The summed E-state index contributed by atoms with van der Waals surface area (Å²) in [5.74, 6) is 0. The molecule has 0 fully saturated rings. The van der Waals surface area contributed by atoms with Gasteiger partial charge in [0.25, 0.3) is 0 Å². The summed E-state index contributed by atoms with van der Waals surface area (Å²) in [6.45, 7) is 7.57. The van der Waals surface area contributed by atoms with E-state index in [2.05, 4.69) is 43.6 Å². The van der Waals surface area contributed by atoms with Gasteiger partial charge in [0, 0.05) is 26.4 Å². The number of fused-ring (bicyclic) bond motifs is 1. The Morgan fingerprint density at radius 3 is 2.71 bits per heavy atom. The Morgan fingerprint density at radius 2 is 2.07 bits per heavy atom. The predicted octanol–water partition coefficient (Wildman–Crippen LogP) is 3.85. The zero-order valence-electron chi connectivity index (χ0n) is 8.76. The molecule has 76 valence electrons. The van der Waals surface area contributed by atoms with Crippen molar-refractivity contribution in [1.29, 1.82) is 0 Å². The molecule has 2 heterocycles. The maximum absolute atomic E-state index is 3.50. The number of rotatable bonds is 2. The van der Waals surface area contributed by atoms with Gasteiger partial charge in [-0.3, -0.25) is 0 Å². The molecule has 14 heavy (non-hydrogen) atoms. The second kappa shape index (κ2) is 3.65. The van der Waals surface area contributed by atoms with Crippen LogP contribution in [0.25, 0.3) is 9.40 Å². The van der Waals surface area contributed by atoms with Crippen molar-refractivity contribution in [3.8, 4) is 0 Å². The van der Waals surface area contributed by atoms with E-state index in [0.717, 1.165) is 6.54 Å². The van der Waals surface area contributed by atoms with Crippen molar-refractivity contribution in [3.05, 3.63) is 22.4 Å². The van der Waals surface area contributed by atoms with E-state index in [9.17, 15) is 0 Å². The third-order valence-electron chi connectivity index (χ3n) is 1.98. The molecule has 3 heteroatoms. The predicted molar refractivity (Wildman–Crippen MR) is 66.3 cm³/mol. The smallest absolute Gasteiger partial charge is 0.0453 e. The van der Waals surface area contributed by atoms with Gasteiger partial charge in [0.1, 0.15) is 0 Å². The van der Waals surface area contributed by atoms with Crippen molar-refractivity contribution in [2.75, 3.05) is 0 Å². The summed E-state index contributed by atoms with van der Waals surface area (Å²) in [4.78, 5) is 1.43. The van der Waals surface area contributed by atoms with E-state index in [1.165, 1.54) is 14.3 Å². The fraction of sp³-hybridized carbons (Fsp3) is 0.455. The van der Waals surface area contributed by atoms with Gasteiger partial charge in [-0.2, -0.15) is 0 Å². The average Bonchev–Trinajstić information content (AvgIpc) is 2.56. The Hall–Kier alpha value is -0.380. The zero-order chi connectivity index (χ0) is 10.2. The Labute approximate surface area is 92.8 Å². The van der Waals surface area contributed by atoms with Crippen molar-refractivity contribution >= 4 is 32.1 Å². The minimum absolute atomic E-state index is 0.206. The minimum Gasteiger partial charge on any atom is -0.307 e. The molecule has 0 saturated carbocycles. The Bertz CT molecular complexity index is 391. The number of nitrogens with one attached hydrogen (secondary N) is 1. The zero-order valence-corrected chi connectivity index (χ0v) is 10.4. The molecule has 2 aromatic rings. The monoisotopic (exact) mass is 225 g/mol. The fourth-order valence-corrected chi connectivity index (χ4v) is 3.33. The summed E-state index contributed by atoms with van der Waals surface area (Å²) < 4.78 is 2.83. The van der Waals surface area contributed by atoms with Crippen LogP contribution in [-0.4, -0.2) is 5.54 Å². The van der Waals surface area contributed by atoms with Gasteiger partial charge in [-0.1, -0.05) is 0 Å². The highest BCUT2D eigenvalue weighted by atomic mass is 32.1. The number of thiophene rings is 2. The van der Waals surface area contributed by atoms with Crippen LogP contribution in [0.1, 0.15) is 25.6 Å². The summed E-state index contributed by atoms with van der Waals surface area (Å²) in [6.07, 6.45) is 0. The summed E-state index contributed by atoms with van der Waals surface area (Å²) in [5.41, 5.74) is 0.206. The molecule has 0 bridgehead atoms. The number of hydrogen-bond acceptors (Lipinski definition) is 3. The third-order valence-corrected chi connectivity index (χ3v) is 4.08. The molecule has 0 aliphatic heterocycles. The first-order valence-electron chi connectivity index (χ1n) is 4.75. The number of hydrogen-bond donors (Lipinski definition) is 1. The van der Waals surface area contributed by atoms with E-state index < -0.39 is 0 Å². The molecule has 0 aliphatic carbocycles. The van der Waals surface area contributed by atoms with Crippen molar-refractivity contribution in [3.63, 3.8) is 0 Å². The quantitative estimate of drug-likeness (QED) is 0.818. The SMILES string of the molecule is CC(C)(C)NCc1cc2sccc2s1. The lowest BCUT2D eigenvalue weighted by atomic mass is 10.1. The molecule has 1 nitrogen and oxygen atoms in total. The molecule has 0 atom stereocenters. The second-order valence-corrected chi connectivity index (χ2v) is 6.58. The first-order valence-corrected chi connectivity index (χ1v) is 6.45. The van der Waals surface area contributed by atoms with Crippen LogP contribution in [0, 0.1) is 0 Å². The molecule has 2 aromatic heterocycles. The van der Waals surface area contributed by atoms with E-state index in [1.807, 2.05) is 22.7 Å². The van der Waals surface area contributed by atoms with Gasteiger partial charge in [-0.25, -0.2) is 0 Å². The molecular formula is C11H15NS2. The molecule has 0 amide bonds. The van der Waals surface area contributed by atoms with Crippen LogP contribution < -0.4 is 5.32 Å². The minimum atomic E-state index is 0.206. The van der Waals surface area contributed by atoms with E-state index in [-0.39, 0.29) is 5.54 Å². The normalized spacial score (nSPS) is 12.5. The van der Waals surface area contributed by atoms with Crippen LogP contribution in [0.2, 0.25) is 0 Å². The Balaban J connectivity index is 2.09.